The summed E-state index contributed by atoms with van der Waals surface area (Å²) in [6.07, 6.45) is 3.13. The van der Waals surface area contributed by atoms with Crippen molar-refractivity contribution in [2.45, 2.75) is 0 Å². The molecule has 1 aromatic carbocycles. The van der Waals surface area contributed by atoms with E-state index in [1.54, 1.807) is 24.5 Å². The van der Waals surface area contributed by atoms with Crippen LogP contribution in [0.2, 0.25) is 20.1 Å². The van der Waals surface area contributed by atoms with Crippen molar-refractivity contribution in [3.63, 3.8) is 0 Å². The summed E-state index contributed by atoms with van der Waals surface area (Å²) in [4.78, 5) is 8.51. The van der Waals surface area contributed by atoms with Gasteiger partial charge in [-0.15, -0.1) is 0 Å². The summed E-state index contributed by atoms with van der Waals surface area (Å²) in [5.41, 5.74) is 3.12. The summed E-state index contributed by atoms with van der Waals surface area (Å²) in [5, 5.41) is 2.01. The van der Waals surface area contributed by atoms with E-state index < -0.39 is 0 Å². The SMILES string of the molecule is Clc1cnc(-c2ccc(-c3ncc(Cl)cc3Cl)cc2)c(Cl)c1. The van der Waals surface area contributed by atoms with Gasteiger partial charge in [-0.2, -0.15) is 0 Å². The Hall–Kier alpha value is -1.32. The summed E-state index contributed by atoms with van der Waals surface area (Å²) in [5.74, 6) is 0. The third-order valence-electron chi connectivity index (χ3n) is 3.05. The fraction of sp³-hybridized carbons (Fsp3) is 0. The van der Waals surface area contributed by atoms with Gasteiger partial charge in [-0.05, 0) is 12.1 Å². The number of pyridine rings is 2. The van der Waals surface area contributed by atoms with E-state index in [9.17, 15) is 0 Å². The highest BCUT2D eigenvalue weighted by atomic mass is 35.5. The maximum absolute atomic E-state index is 6.17. The van der Waals surface area contributed by atoms with Crippen molar-refractivity contribution in [1.82, 2.24) is 9.97 Å². The summed E-state index contributed by atoms with van der Waals surface area (Å²) >= 11 is 24.1. The molecular weight excluding hydrogens is 362 g/mol. The lowest BCUT2D eigenvalue weighted by atomic mass is 10.1. The molecule has 0 radical (unpaired) electrons. The van der Waals surface area contributed by atoms with Crippen molar-refractivity contribution in [2.24, 2.45) is 0 Å². The fourth-order valence-corrected chi connectivity index (χ4v) is 3.02. The molecule has 3 rings (SSSR count). The fourth-order valence-electron chi connectivity index (χ4n) is 2.04. The Morgan fingerprint density at radius 1 is 0.591 bits per heavy atom. The van der Waals surface area contributed by atoms with E-state index in [0.29, 0.717) is 31.5 Å². The van der Waals surface area contributed by atoms with Crippen molar-refractivity contribution in [3.05, 3.63) is 68.9 Å². The van der Waals surface area contributed by atoms with Crippen molar-refractivity contribution in [2.75, 3.05) is 0 Å². The molecule has 6 heteroatoms. The van der Waals surface area contributed by atoms with Gasteiger partial charge in [-0.25, -0.2) is 0 Å². The molecule has 0 spiro atoms. The number of benzene rings is 1. The maximum atomic E-state index is 6.17. The van der Waals surface area contributed by atoms with E-state index in [-0.39, 0.29) is 0 Å². The Labute approximate surface area is 147 Å². The molecule has 0 aliphatic carbocycles. The number of aromatic nitrogens is 2. The first-order valence-corrected chi connectivity index (χ1v) is 7.78. The van der Waals surface area contributed by atoms with Crippen LogP contribution in [0.4, 0.5) is 0 Å². The second-order valence-electron chi connectivity index (χ2n) is 4.55. The monoisotopic (exact) mass is 368 g/mol. The lowest BCUT2D eigenvalue weighted by Gasteiger charge is -2.07. The lowest BCUT2D eigenvalue weighted by molar-refractivity contribution is 1.31. The van der Waals surface area contributed by atoms with Crippen LogP contribution in [0.5, 0.6) is 0 Å². The van der Waals surface area contributed by atoms with Gasteiger partial charge in [0.2, 0.25) is 0 Å². The van der Waals surface area contributed by atoms with E-state index in [2.05, 4.69) is 9.97 Å². The van der Waals surface area contributed by atoms with Crippen LogP contribution in [-0.2, 0) is 0 Å². The summed E-state index contributed by atoms with van der Waals surface area (Å²) in [6, 6.07) is 11.0. The van der Waals surface area contributed by atoms with Crippen molar-refractivity contribution >= 4 is 46.4 Å². The van der Waals surface area contributed by atoms with Crippen molar-refractivity contribution < 1.29 is 0 Å². The standard InChI is InChI=1S/C16H8Cl4N2/c17-11-5-13(19)15(21-7-11)9-1-2-10(4-3-9)16-14(20)6-12(18)8-22-16/h1-8H. The number of rotatable bonds is 2. The minimum Gasteiger partial charge on any atom is -0.253 e. The van der Waals surface area contributed by atoms with E-state index in [1.807, 2.05) is 24.3 Å². The Kier molecular flexibility index (Phi) is 4.55. The molecule has 0 saturated heterocycles. The minimum absolute atomic E-state index is 0.502. The number of nitrogens with zero attached hydrogens (tertiary/aromatic N) is 2. The first kappa shape index (κ1) is 15.6. The summed E-state index contributed by atoms with van der Waals surface area (Å²) in [6.45, 7) is 0. The van der Waals surface area contributed by atoms with Crippen LogP contribution >= 0.6 is 46.4 Å². The number of halogens is 4. The third kappa shape index (κ3) is 3.21. The van der Waals surface area contributed by atoms with Gasteiger partial charge in [-0.3, -0.25) is 9.97 Å². The highest BCUT2D eigenvalue weighted by molar-refractivity contribution is 6.36. The third-order valence-corrected chi connectivity index (χ3v) is 4.04. The van der Waals surface area contributed by atoms with Crippen LogP contribution in [0.1, 0.15) is 0 Å². The highest BCUT2D eigenvalue weighted by Gasteiger charge is 2.09. The molecule has 22 heavy (non-hydrogen) atoms. The van der Waals surface area contributed by atoms with Crippen LogP contribution in [0.3, 0.4) is 0 Å². The molecule has 2 heterocycles. The van der Waals surface area contributed by atoms with Gasteiger partial charge in [0.15, 0.2) is 0 Å². The average Bonchev–Trinajstić information content (AvgIpc) is 2.48. The molecule has 2 nitrogen and oxygen atoms in total. The average molecular weight is 370 g/mol. The quantitative estimate of drug-likeness (QED) is 0.520. The molecule has 0 amide bonds. The molecule has 3 aromatic rings. The van der Waals surface area contributed by atoms with Gasteiger partial charge >= 0.3 is 0 Å². The van der Waals surface area contributed by atoms with Gasteiger partial charge in [-0.1, -0.05) is 70.7 Å². The minimum atomic E-state index is 0.502. The molecule has 110 valence electrons. The Bertz CT molecular complexity index is 762. The van der Waals surface area contributed by atoms with Crippen LogP contribution in [0.15, 0.2) is 48.8 Å². The topological polar surface area (TPSA) is 25.8 Å². The largest absolute Gasteiger partial charge is 0.253 e. The molecule has 0 bridgehead atoms. The van der Waals surface area contributed by atoms with Crippen LogP contribution in [0.25, 0.3) is 22.5 Å². The number of hydrogen-bond donors (Lipinski definition) is 0. The molecule has 0 fully saturated rings. The van der Waals surface area contributed by atoms with Gasteiger partial charge in [0.1, 0.15) is 0 Å². The normalized spacial score (nSPS) is 10.7. The molecular formula is C16H8Cl4N2. The van der Waals surface area contributed by atoms with Gasteiger partial charge < -0.3 is 0 Å². The van der Waals surface area contributed by atoms with Crippen LogP contribution in [-0.4, -0.2) is 9.97 Å². The van der Waals surface area contributed by atoms with Crippen molar-refractivity contribution in [3.8, 4) is 22.5 Å². The van der Waals surface area contributed by atoms with Gasteiger partial charge in [0.05, 0.1) is 31.5 Å². The van der Waals surface area contributed by atoms with E-state index in [1.165, 1.54) is 0 Å². The predicted octanol–water partition coefficient (Wildman–Crippen LogP) is 6.42. The highest BCUT2D eigenvalue weighted by Crippen LogP contribution is 2.32. The van der Waals surface area contributed by atoms with E-state index >= 15 is 0 Å². The molecule has 0 aliphatic heterocycles. The van der Waals surface area contributed by atoms with E-state index in [4.69, 9.17) is 46.4 Å². The smallest absolute Gasteiger partial charge is 0.0889 e. The first-order valence-electron chi connectivity index (χ1n) is 6.27. The molecule has 0 aliphatic rings. The molecule has 0 atom stereocenters. The molecule has 0 saturated carbocycles. The lowest BCUT2D eigenvalue weighted by Crippen LogP contribution is -1.88. The van der Waals surface area contributed by atoms with Crippen molar-refractivity contribution in [1.29, 1.82) is 0 Å². The van der Waals surface area contributed by atoms with Gasteiger partial charge in [0, 0.05) is 23.5 Å². The molecule has 0 N–H and O–H groups in total. The molecule has 2 aromatic heterocycles. The Morgan fingerprint density at radius 3 is 1.27 bits per heavy atom. The zero-order valence-corrected chi connectivity index (χ0v) is 14.0. The van der Waals surface area contributed by atoms with Crippen LogP contribution < -0.4 is 0 Å². The zero-order chi connectivity index (χ0) is 15.7. The van der Waals surface area contributed by atoms with Gasteiger partial charge in [0.25, 0.3) is 0 Å². The Balaban J connectivity index is 1.99. The molecule has 0 unspecified atom stereocenters. The number of hydrogen-bond acceptors (Lipinski definition) is 2. The first-order chi connectivity index (χ1) is 10.5. The Morgan fingerprint density at radius 2 is 0.955 bits per heavy atom. The second-order valence-corrected chi connectivity index (χ2v) is 6.23. The summed E-state index contributed by atoms with van der Waals surface area (Å²) in [7, 11) is 0. The predicted molar refractivity (Wildman–Crippen MR) is 92.9 cm³/mol. The van der Waals surface area contributed by atoms with Crippen LogP contribution in [0, 0.1) is 0 Å². The maximum Gasteiger partial charge on any atom is 0.0889 e. The zero-order valence-electron chi connectivity index (χ0n) is 11.0. The second kappa shape index (κ2) is 6.43. The summed E-state index contributed by atoms with van der Waals surface area (Å²) < 4.78 is 0. The van der Waals surface area contributed by atoms with E-state index in [0.717, 1.165) is 11.1 Å².